The molecule has 2 aliphatic rings. The standard InChI is InChI=1S/C16H21F2N3O4S.ClH/c17-12-2-1-3-13(18)14(12)26(23,24)21-8-6-20(7-9-21)15(22)16(19)4-10-25-11-5-16;/h1-3H,4-11,19H2;1H. The number of halogens is 3. The van der Waals surface area contributed by atoms with Gasteiger partial charge in [0, 0.05) is 39.4 Å². The number of sulfonamides is 1. The average Bonchev–Trinajstić information content (AvgIpc) is 2.61. The molecule has 1 aromatic carbocycles. The monoisotopic (exact) mass is 425 g/mol. The molecular weight excluding hydrogens is 404 g/mol. The summed E-state index contributed by atoms with van der Waals surface area (Å²) in [5, 5.41) is 0. The summed E-state index contributed by atoms with van der Waals surface area (Å²) in [5.74, 6) is -2.51. The molecular formula is C16H22ClF2N3O4S. The highest BCUT2D eigenvalue weighted by molar-refractivity contribution is 7.89. The molecule has 2 saturated heterocycles. The predicted molar refractivity (Wildman–Crippen MR) is 95.9 cm³/mol. The fourth-order valence-corrected chi connectivity index (χ4v) is 4.79. The number of nitrogens with zero attached hydrogens (tertiary/aromatic N) is 2. The molecule has 0 aromatic heterocycles. The Morgan fingerprint density at radius 3 is 2.11 bits per heavy atom. The molecule has 3 rings (SSSR count). The molecule has 0 spiro atoms. The van der Waals surface area contributed by atoms with E-state index in [0.717, 1.165) is 22.5 Å². The third kappa shape index (κ3) is 4.24. The van der Waals surface area contributed by atoms with Crippen molar-refractivity contribution in [3.05, 3.63) is 29.8 Å². The predicted octanol–water partition coefficient (Wildman–Crippen LogP) is 0.727. The molecule has 0 atom stereocenters. The van der Waals surface area contributed by atoms with Crippen molar-refractivity contribution in [1.29, 1.82) is 0 Å². The van der Waals surface area contributed by atoms with Gasteiger partial charge in [0.25, 0.3) is 0 Å². The molecule has 1 aromatic rings. The fraction of sp³-hybridized carbons (Fsp3) is 0.562. The third-order valence-corrected chi connectivity index (χ3v) is 6.80. The van der Waals surface area contributed by atoms with E-state index in [4.69, 9.17) is 10.5 Å². The van der Waals surface area contributed by atoms with E-state index in [-0.39, 0.29) is 44.5 Å². The average molecular weight is 426 g/mol. The van der Waals surface area contributed by atoms with Crippen molar-refractivity contribution in [1.82, 2.24) is 9.21 Å². The van der Waals surface area contributed by atoms with Gasteiger partial charge in [0.1, 0.15) is 11.6 Å². The number of hydrogen-bond donors (Lipinski definition) is 1. The SMILES string of the molecule is Cl.NC1(C(=O)N2CCN(S(=O)(=O)c3c(F)cccc3F)CC2)CCOCC1. The maximum absolute atomic E-state index is 13.9. The number of benzene rings is 1. The first-order valence-electron chi connectivity index (χ1n) is 8.36. The number of nitrogens with two attached hydrogens (primary N) is 1. The second-order valence-corrected chi connectivity index (χ2v) is 8.39. The zero-order valence-electron chi connectivity index (χ0n) is 14.6. The minimum absolute atomic E-state index is 0. The van der Waals surface area contributed by atoms with Crippen LogP contribution in [0.3, 0.4) is 0 Å². The van der Waals surface area contributed by atoms with Crippen molar-refractivity contribution in [2.75, 3.05) is 39.4 Å². The summed E-state index contributed by atoms with van der Waals surface area (Å²) < 4.78 is 59.1. The maximum Gasteiger partial charge on any atom is 0.249 e. The second-order valence-electron chi connectivity index (χ2n) is 6.52. The van der Waals surface area contributed by atoms with Gasteiger partial charge in [0.2, 0.25) is 15.9 Å². The van der Waals surface area contributed by atoms with Crippen LogP contribution < -0.4 is 5.73 Å². The van der Waals surface area contributed by atoms with Crippen molar-refractivity contribution in [2.24, 2.45) is 5.73 Å². The maximum atomic E-state index is 13.9. The Bertz CT molecular complexity index is 775. The minimum Gasteiger partial charge on any atom is -0.381 e. The molecule has 1 amide bonds. The van der Waals surface area contributed by atoms with Crippen LogP contribution in [0.4, 0.5) is 8.78 Å². The Hall–Kier alpha value is -1.33. The zero-order valence-corrected chi connectivity index (χ0v) is 16.2. The van der Waals surface area contributed by atoms with Crippen molar-refractivity contribution >= 4 is 28.3 Å². The van der Waals surface area contributed by atoms with E-state index in [1.807, 2.05) is 0 Å². The number of hydrogen-bond acceptors (Lipinski definition) is 5. The van der Waals surface area contributed by atoms with Gasteiger partial charge in [-0.3, -0.25) is 4.79 Å². The van der Waals surface area contributed by atoms with Crippen LogP contribution in [-0.4, -0.2) is 68.5 Å². The van der Waals surface area contributed by atoms with E-state index in [1.165, 1.54) is 4.90 Å². The first-order valence-corrected chi connectivity index (χ1v) is 9.80. The lowest BCUT2D eigenvalue weighted by Gasteiger charge is -2.40. The van der Waals surface area contributed by atoms with Crippen LogP contribution in [0.2, 0.25) is 0 Å². The van der Waals surface area contributed by atoms with Gasteiger partial charge in [-0.15, -0.1) is 12.4 Å². The van der Waals surface area contributed by atoms with Gasteiger partial charge in [-0.1, -0.05) is 6.07 Å². The van der Waals surface area contributed by atoms with Gasteiger partial charge in [0.15, 0.2) is 4.90 Å². The molecule has 0 unspecified atom stereocenters. The van der Waals surface area contributed by atoms with Crippen LogP contribution in [0.25, 0.3) is 0 Å². The summed E-state index contributed by atoms with van der Waals surface area (Å²) in [6.07, 6.45) is 0.815. The van der Waals surface area contributed by atoms with Crippen molar-refractivity contribution in [2.45, 2.75) is 23.3 Å². The van der Waals surface area contributed by atoms with Crippen LogP contribution in [0.5, 0.6) is 0 Å². The number of ether oxygens (including phenoxy) is 1. The van der Waals surface area contributed by atoms with Crippen LogP contribution in [0.1, 0.15) is 12.8 Å². The summed E-state index contributed by atoms with van der Waals surface area (Å²) in [6.45, 7) is 0.955. The van der Waals surface area contributed by atoms with Gasteiger partial charge in [-0.2, -0.15) is 4.31 Å². The van der Waals surface area contributed by atoms with Crippen LogP contribution in [-0.2, 0) is 19.6 Å². The highest BCUT2D eigenvalue weighted by atomic mass is 35.5. The Labute approximate surface area is 162 Å². The molecule has 27 heavy (non-hydrogen) atoms. The smallest absolute Gasteiger partial charge is 0.249 e. The van der Waals surface area contributed by atoms with E-state index in [2.05, 4.69) is 0 Å². The van der Waals surface area contributed by atoms with Crippen LogP contribution in [0.15, 0.2) is 23.1 Å². The number of rotatable bonds is 3. The number of amides is 1. The first kappa shape index (κ1) is 22.0. The van der Waals surface area contributed by atoms with Gasteiger partial charge in [-0.05, 0) is 25.0 Å². The normalized spacial score (nSPS) is 20.8. The molecule has 2 N–H and O–H groups in total. The van der Waals surface area contributed by atoms with E-state index >= 15 is 0 Å². The molecule has 2 aliphatic heterocycles. The quantitative estimate of drug-likeness (QED) is 0.770. The number of carbonyl (C=O) groups is 1. The Balaban J connectivity index is 0.00000261. The second kappa shape index (κ2) is 8.36. The van der Waals surface area contributed by atoms with E-state index in [9.17, 15) is 22.0 Å². The highest BCUT2D eigenvalue weighted by Gasteiger charge is 2.41. The molecule has 0 bridgehead atoms. The van der Waals surface area contributed by atoms with E-state index in [1.54, 1.807) is 0 Å². The first-order chi connectivity index (χ1) is 12.3. The minimum atomic E-state index is -4.32. The molecule has 2 heterocycles. The van der Waals surface area contributed by atoms with Crippen molar-refractivity contribution in [3.63, 3.8) is 0 Å². The lowest BCUT2D eigenvalue weighted by atomic mass is 9.89. The summed E-state index contributed by atoms with van der Waals surface area (Å²) in [5.41, 5.74) is 5.18. The highest BCUT2D eigenvalue weighted by Crippen LogP contribution is 2.25. The Morgan fingerprint density at radius 1 is 1.07 bits per heavy atom. The summed E-state index contributed by atoms with van der Waals surface area (Å²) >= 11 is 0. The summed E-state index contributed by atoms with van der Waals surface area (Å²) in [7, 11) is -4.32. The molecule has 0 radical (unpaired) electrons. The molecule has 0 saturated carbocycles. The topological polar surface area (TPSA) is 92.9 Å². The largest absolute Gasteiger partial charge is 0.381 e. The third-order valence-electron chi connectivity index (χ3n) is 4.85. The molecule has 2 fully saturated rings. The van der Waals surface area contributed by atoms with Crippen molar-refractivity contribution < 1.29 is 26.7 Å². The lowest BCUT2D eigenvalue weighted by Crippen LogP contribution is -2.61. The zero-order chi connectivity index (χ0) is 18.9. The molecule has 152 valence electrons. The van der Waals surface area contributed by atoms with Gasteiger partial charge in [-0.25, -0.2) is 17.2 Å². The van der Waals surface area contributed by atoms with Crippen molar-refractivity contribution in [3.8, 4) is 0 Å². The summed E-state index contributed by atoms with van der Waals surface area (Å²) in [4.78, 5) is 13.2. The van der Waals surface area contributed by atoms with E-state index < -0.39 is 32.1 Å². The lowest BCUT2D eigenvalue weighted by molar-refractivity contribution is -0.141. The van der Waals surface area contributed by atoms with Crippen LogP contribution >= 0.6 is 12.4 Å². The number of carbonyl (C=O) groups excluding carboxylic acids is 1. The Kier molecular flexibility index (Phi) is 6.80. The number of piperazine rings is 1. The molecule has 11 heteroatoms. The van der Waals surface area contributed by atoms with Gasteiger partial charge in [0.05, 0.1) is 5.54 Å². The molecule has 7 nitrogen and oxygen atoms in total. The summed E-state index contributed by atoms with van der Waals surface area (Å²) in [6, 6.07) is 2.91. The van der Waals surface area contributed by atoms with E-state index in [0.29, 0.717) is 26.1 Å². The fourth-order valence-electron chi connectivity index (χ4n) is 3.25. The molecule has 0 aliphatic carbocycles. The van der Waals surface area contributed by atoms with Gasteiger partial charge < -0.3 is 15.4 Å². The van der Waals surface area contributed by atoms with Gasteiger partial charge >= 0.3 is 0 Å². The van der Waals surface area contributed by atoms with Crippen LogP contribution in [0, 0.1) is 11.6 Å². The Morgan fingerprint density at radius 2 is 1.59 bits per heavy atom.